The Morgan fingerprint density at radius 1 is 1.05 bits per heavy atom. The Morgan fingerprint density at radius 2 is 1.75 bits per heavy atom. The fourth-order valence-corrected chi connectivity index (χ4v) is 4.01. The molecule has 1 aromatic heterocycles. The molecule has 2 aliphatic carbocycles. The molecule has 3 nitrogen and oxygen atoms in total. The monoisotopic (exact) mass is 275 g/mol. The topological polar surface area (TPSA) is 29.9 Å². The smallest absolute Gasteiger partial charge is 0.148 e. The maximum absolute atomic E-state index is 4.85. The van der Waals surface area contributed by atoms with Crippen LogP contribution in [0.5, 0.6) is 0 Å². The first-order chi connectivity index (χ1) is 9.78. The lowest BCUT2D eigenvalue weighted by molar-refractivity contribution is 0.293. The van der Waals surface area contributed by atoms with Crippen molar-refractivity contribution in [3.8, 4) is 0 Å². The second-order valence-electron chi connectivity index (χ2n) is 6.90. The van der Waals surface area contributed by atoms with Gasteiger partial charge in [0.25, 0.3) is 0 Å². The van der Waals surface area contributed by atoms with Gasteiger partial charge in [-0.15, -0.1) is 0 Å². The van der Waals surface area contributed by atoms with Crippen LogP contribution in [0.2, 0.25) is 0 Å². The number of hydrogen-bond donors (Lipinski definition) is 1. The first-order valence-electron chi connectivity index (χ1n) is 8.55. The first-order valence-corrected chi connectivity index (χ1v) is 8.55. The third-order valence-electron chi connectivity index (χ3n) is 5.38. The van der Waals surface area contributed by atoms with Crippen LogP contribution in [-0.2, 0) is 0 Å². The largest absolute Gasteiger partial charge is 0.372 e. The predicted octanol–water partition coefficient (Wildman–Crippen LogP) is 4.72. The molecule has 0 bridgehead atoms. The van der Waals surface area contributed by atoms with Crippen molar-refractivity contribution in [3.63, 3.8) is 0 Å². The van der Waals surface area contributed by atoms with Gasteiger partial charge in [0.05, 0.1) is 6.04 Å². The summed E-state index contributed by atoms with van der Waals surface area (Å²) in [6.45, 7) is 2.40. The van der Waals surface area contributed by atoms with E-state index in [0.29, 0.717) is 6.04 Å². The second-order valence-corrected chi connectivity index (χ2v) is 6.90. The van der Waals surface area contributed by atoms with Gasteiger partial charge in [-0.25, -0.2) is 0 Å². The Morgan fingerprint density at radius 3 is 2.40 bits per heavy atom. The Kier molecular flexibility index (Phi) is 4.32. The van der Waals surface area contributed by atoms with E-state index in [9.17, 15) is 0 Å². The van der Waals surface area contributed by atoms with Crippen LogP contribution in [0.25, 0.3) is 0 Å². The lowest BCUT2D eigenvalue weighted by Crippen LogP contribution is -2.20. The van der Waals surface area contributed by atoms with Gasteiger partial charge in [-0.3, -0.25) is 4.68 Å². The number of hydrogen-bond acceptors (Lipinski definition) is 2. The van der Waals surface area contributed by atoms with E-state index in [-0.39, 0.29) is 0 Å². The molecule has 2 aliphatic rings. The van der Waals surface area contributed by atoms with Gasteiger partial charge < -0.3 is 5.32 Å². The number of nitrogens with one attached hydrogen (secondary N) is 1. The fraction of sp³-hybridized carbons (Fsp3) is 0.824. The summed E-state index contributed by atoms with van der Waals surface area (Å²) < 4.78 is 2.39. The van der Waals surface area contributed by atoms with Gasteiger partial charge in [0.15, 0.2) is 0 Å². The van der Waals surface area contributed by atoms with E-state index in [0.717, 1.165) is 17.7 Å². The molecule has 1 N–H and O–H groups in total. The molecule has 0 saturated heterocycles. The zero-order chi connectivity index (χ0) is 13.9. The van der Waals surface area contributed by atoms with Crippen molar-refractivity contribution in [1.82, 2.24) is 9.78 Å². The SMILES string of the molecule is CNc1cc(C2CCC(C)CC2)n(C2CCCCC2)n1. The average molecular weight is 275 g/mol. The van der Waals surface area contributed by atoms with Crippen LogP contribution >= 0.6 is 0 Å². The van der Waals surface area contributed by atoms with Gasteiger partial charge in [0, 0.05) is 24.7 Å². The number of nitrogens with zero attached hydrogens (tertiary/aromatic N) is 2. The molecule has 1 heterocycles. The Bertz CT molecular complexity index is 423. The average Bonchev–Trinajstić information content (AvgIpc) is 2.93. The number of rotatable bonds is 3. The molecule has 1 aromatic rings. The fourth-order valence-electron chi connectivity index (χ4n) is 4.01. The molecular weight excluding hydrogens is 246 g/mol. The molecule has 0 aliphatic heterocycles. The lowest BCUT2D eigenvalue weighted by Gasteiger charge is -2.30. The lowest BCUT2D eigenvalue weighted by atomic mass is 9.81. The van der Waals surface area contributed by atoms with E-state index in [1.165, 1.54) is 63.5 Å². The van der Waals surface area contributed by atoms with Crippen LogP contribution in [0.15, 0.2) is 6.07 Å². The minimum Gasteiger partial charge on any atom is -0.372 e. The maximum Gasteiger partial charge on any atom is 0.148 e. The zero-order valence-electron chi connectivity index (χ0n) is 13.1. The van der Waals surface area contributed by atoms with Crippen molar-refractivity contribution >= 4 is 5.82 Å². The third kappa shape index (κ3) is 2.87. The zero-order valence-corrected chi connectivity index (χ0v) is 13.1. The van der Waals surface area contributed by atoms with Crippen LogP contribution in [0, 0.1) is 5.92 Å². The highest BCUT2D eigenvalue weighted by Crippen LogP contribution is 2.39. The van der Waals surface area contributed by atoms with Crippen molar-refractivity contribution in [2.75, 3.05) is 12.4 Å². The van der Waals surface area contributed by atoms with Gasteiger partial charge in [-0.05, 0) is 31.6 Å². The van der Waals surface area contributed by atoms with Crippen LogP contribution in [0.3, 0.4) is 0 Å². The highest BCUT2D eigenvalue weighted by molar-refractivity contribution is 5.36. The van der Waals surface area contributed by atoms with E-state index in [1.54, 1.807) is 0 Å². The van der Waals surface area contributed by atoms with Gasteiger partial charge in [-0.1, -0.05) is 39.0 Å². The van der Waals surface area contributed by atoms with Crippen molar-refractivity contribution in [2.45, 2.75) is 76.7 Å². The van der Waals surface area contributed by atoms with E-state index >= 15 is 0 Å². The summed E-state index contributed by atoms with van der Waals surface area (Å²) in [4.78, 5) is 0. The minimum absolute atomic E-state index is 0.653. The second kappa shape index (κ2) is 6.19. The van der Waals surface area contributed by atoms with Crippen molar-refractivity contribution in [3.05, 3.63) is 11.8 Å². The molecule has 3 heteroatoms. The maximum atomic E-state index is 4.85. The molecule has 0 radical (unpaired) electrons. The summed E-state index contributed by atoms with van der Waals surface area (Å²) in [6, 6.07) is 2.97. The molecule has 112 valence electrons. The Balaban J connectivity index is 1.82. The predicted molar refractivity (Wildman–Crippen MR) is 84.3 cm³/mol. The molecule has 0 spiro atoms. The van der Waals surface area contributed by atoms with Gasteiger partial charge in [0.2, 0.25) is 0 Å². The Hall–Kier alpha value is -0.990. The van der Waals surface area contributed by atoms with E-state index in [4.69, 9.17) is 5.10 Å². The van der Waals surface area contributed by atoms with E-state index < -0.39 is 0 Å². The van der Waals surface area contributed by atoms with Gasteiger partial charge in [0.1, 0.15) is 5.82 Å². The molecule has 2 fully saturated rings. The molecular formula is C17H29N3. The Labute approximate surface area is 123 Å². The molecule has 3 rings (SSSR count). The van der Waals surface area contributed by atoms with Crippen LogP contribution in [0.4, 0.5) is 5.82 Å². The molecule has 20 heavy (non-hydrogen) atoms. The summed E-state index contributed by atoms with van der Waals surface area (Å²) in [5.41, 5.74) is 1.51. The van der Waals surface area contributed by atoms with E-state index in [2.05, 4.69) is 23.0 Å². The summed E-state index contributed by atoms with van der Waals surface area (Å²) >= 11 is 0. The summed E-state index contributed by atoms with van der Waals surface area (Å²) in [7, 11) is 1.99. The highest BCUT2D eigenvalue weighted by Gasteiger charge is 2.27. The highest BCUT2D eigenvalue weighted by atomic mass is 15.3. The number of anilines is 1. The van der Waals surface area contributed by atoms with E-state index in [1.807, 2.05) is 7.05 Å². The van der Waals surface area contributed by atoms with Crippen LogP contribution < -0.4 is 5.32 Å². The molecule has 0 amide bonds. The van der Waals surface area contributed by atoms with Crippen molar-refractivity contribution in [2.24, 2.45) is 5.92 Å². The summed E-state index contributed by atoms with van der Waals surface area (Å²) in [6.07, 6.45) is 12.3. The molecule has 2 saturated carbocycles. The summed E-state index contributed by atoms with van der Waals surface area (Å²) in [5, 5.41) is 8.09. The number of aromatic nitrogens is 2. The van der Waals surface area contributed by atoms with Gasteiger partial charge >= 0.3 is 0 Å². The van der Waals surface area contributed by atoms with Crippen LogP contribution in [0.1, 0.15) is 82.4 Å². The third-order valence-corrected chi connectivity index (χ3v) is 5.38. The summed E-state index contributed by atoms with van der Waals surface area (Å²) in [5.74, 6) is 2.72. The molecule has 0 unspecified atom stereocenters. The standard InChI is InChI=1S/C17H29N3/c1-13-8-10-14(11-9-13)16-12-17(18-2)19-20(16)15-6-4-3-5-7-15/h12-15H,3-11H2,1-2H3,(H,18,19). The minimum atomic E-state index is 0.653. The van der Waals surface area contributed by atoms with Crippen molar-refractivity contribution < 1.29 is 0 Å². The van der Waals surface area contributed by atoms with Gasteiger partial charge in [-0.2, -0.15) is 5.10 Å². The molecule has 0 atom stereocenters. The first kappa shape index (κ1) is 14.0. The van der Waals surface area contributed by atoms with Crippen molar-refractivity contribution in [1.29, 1.82) is 0 Å². The normalized spacial score (nSPS) is 28.5. The molecule has 0 aromatic carbocycles. The quantitative estimate of drug-likeness (QED) is 0.864. The van der Waals surface area contributed by atoms with Crippen LogP contribution in [-0.4, -0.2) is 16.8 Å².